The maximum Gasteiger partial charge on any atom is 0.134 e. The zero-order valence-corrected chi connectivity index (χ0v) is 10.5. The average Bonchev–Trinajstić information content (AvgIpc) is 2.29. The first-order valence-electron chi connectivity index (χ1n) is 6.57. The van der Waals surface area contributed by atoms with Gasteiger partial charge in [0.1, 0.15) is 5.78 Å². The number of aliphatic hydroxyl groups excluding tert-OH is 1. The number of hydrogen-bond donors (Lipinski definition) is 1. The van der Waals surface area contributed by atoms with Crippen LogP contribution in [0.4, 0.5) is 0 Å². The van der Waals surface area contributed by atoms with Crippen molar-refractivity contribution in [2.24, 2.45) is 5.92 Å². The van der Waals surface area contributed by atoms with Crippen molar-refractivity contribution in [2.75, 3.05) is 26.2 Å². The van der Waals surface area contributed by atoms with Crippen molar-refractivity contribution in [1.82, 2.24) is 4.90 Å². The van der Waals surface area contributed by atoms with Gasteiger partial charge in [-0.05, 0) is 45.7 Å². The SMILES string of the molecule is CC(=O)C1CCCN(CCCCCCO)C1. The lowest BCUT2D eigenvalue weighted by Crippen LogP contribution is -2.38. The summed E-state index contributed by atoms with van der Waals surface area (Å²) in [4.78, 5) is 13.7. The molecule has 1 N–H and O–H groups in total. The molecule has 94 valence electrons. The van der Waals surface area contributed by atoms with E-state index in [0.29, 0.717) is 12.4 Å². The predicted octanol–water partition coefficient (Wildman–Crippen LogP) is 1.84. The normalized spacial score (nSPS) is 22.2. The maximum atomic E-state index is 11.3. The van der Waals surface area contributed by atoms with E-state index >= 15 is 0 Å². The zero-order valence-electron chi connectivity index (χ0n) is 10.5. The van der Waals surface area contributed by atoms with E-state index in [1.165, 1.54) is 19.3 Å². The Balaban J connectivity index is 2.10. The van der Waals surface area contributed by atoms with E-state index in [-0.39, 0.29) is 5.92 Å². The van der Waals surface area contributed by atoms with Crippen LogP contribution in [0, 0.1) is 5.92 Å². The lowest BCUT2D eigenvalue weighted by Gasteiger charge is -2.31. The molecule has 1 saturated heterocycles. The van der Waals surface area contributed by atoms with Crippen LogP contribution in [0.15, 0.2) is 0 Å². The fourth-order valence-corrected chi connectivity index (χ4v) is 2.39. The second kappa shape index (κ2) is 7.80. The van der Waals surface area contributed by atoms with Crippen LogP contribution in [0.2, 0.25) is 0 Å². The smallest absolute Gasteiger partial charge is 0.134 e. The average molecular weight is 227 g/mol. The summed E-state index contributed by atoms with van der Waals surface area (Å²) >= 11 is 0. The highest BCUT2D eigenvalue weighted by molar-refractivity contribution is 5.78. The third kappa shape index (κ3) is 5.08. The predicted molar refractivity (Wildman–Crippen MR) is 65.4 cm³/mol. The molecule has 1 atom stereocenters. The first-order valence-corrected chi connectivity index (χ1v) is 6.57. The Bertz CT molecular complexity index is 206. The number of aliphatic hydroxyl groups is 1. The van der Waals surface area contributed by atoms with Gasteiger partial charge in [-0.25, -0.2) is 0 Å². The number of piperidine rings is 1. The number of ketones is 1. The third-order valence-corrected chi connectivity index (χ3v) is 3.46. The first kappa shape index (κ1) is 13.7. The Morgan fingerprint density at radius 3 is 2.75 bits per heavy atom. The minimum Gasteiger partial charge on any atom is -0.396 e. The monoisotopic (exact) mass is 227 g/mol. The van der Waals surface area contributed by atoms with Crippen molar-refractivity contribution in [2.45, 2.75) is 45.4 Å². The molecule has 1 fully saturated rings. The summed E-state index contributed by atoms with van der Waals surface area (Å²) in [6.07, 6.45) is 6.69. The molecule has 0 amide bonds. The minimum atomic E-state index is 0.284. The van der Waals surface area contributed by atoms with Gasteiger partial charge in [-0.15, -0.1) is 0 Å². The lowest BCUT2D eigenvalue weighted by molar-refractivity contribution is -0.122. The molecule has 1 unspecified atom stereocenters. The first-order chi connectivity index (χ1) is 7.74. The van der Waals surface area contributed by atoms with Gasteiger partial charge in [0.15, 0.2) is 0 Å². The van der Waals surface area contributed by atoms with Crippen LogP contribution in [-0.4, -0.2) is 42.0 Å². The standard InChI is InChI=1S/C13H25NO2/c1-12(16)13-7-6-9-14(11-13)8-4-2-3-5-10-15/h13,15H,2-11H2,1H3. The number of unbranched alkanes of at least 4 members (excludes halogenated alkanes) is 3. The van der Waals surface area contributed by atoms with Crippen LogP contribution in [0.5, 0.6) is 0 Å². The van der Waals surface area contributed by atoms with Crippen molar-refractivity contribution in [3.63, 3.8) is 0 Å². The molecule has 0 aromatic heterocycles. The van der Waals surface area contributed by atoms with Crippen molar-refractivity contribution in [3.05, 3.63) is 0 Å². The van der Waals surface area contributed by atoms with Gasteiger partial charge in [0.05, 0.1) is 0 Å². The van der Waals surface area contributed by atoms with Gasteiger partial charge in [0, 0.05) is 19.1 Å². The number of nitrogens with zero attached hydrogens (tertiary/aromatic N) is 1. The van der Waals surface area contributed by atoms with Crippen molar-refractivity contribution in [1.29, 1.82) is 0 Å². The molecule has 0 aromatic rings. The topological polar surface area (TPSA) is 40.5 Å². The van der Waals surface area contributed by atoms with E-state index in [0.717, 1.165) is 38.9 Å². The van der Waals surface area contributed by atoms with Crippen LogP contribution in [0.3, 0.4) is 0 Å². The van der Waals surface area contributed by atoms with Gasteiger partial charge in [-0.3, -0.25) is 4.79 Å². The fourth-order valence-electron chi connectivity index (χ4n) is 2.39. The molecular weight excluding hydrogens is 202 g/mol. The largest absolute Gasteiger partial charge is 0.396 e. The second-order valence-electron chi connectivity index (χ2n) is 4.89. The lowest BCUT2D eigenvalue weighted by atomic mass is 9.94. The van der Waals surface area contributed by atoms with E-state index in [2.05, 4.69) is 4.90 Å². The van der Waals surface area contributed by atoms with Gasteiger partial charge < -0.3 is 10.0 Å². The number of Topliss-reactive ketones (excluding diaryl/α,β-unsaturated/α-hetero) is 1. The van der Waals surface area contributed by atoms with E-state index in [4.69, 9.17) is 5.11 Å². The number of carbonyl (C=O) groups excluding carboxylic acids is 1. The van der Waals surface area contributed by atoms with Gasteiger partial charge in [-0.1, -0.05) is 12.8 Å². The van der Waals surface area contributed by atoms with Crippen LogP contribution in [0.25, 0.3) is 0 Å². The summed E-state index contributed by atoms with van der Waals surface area (Å²) in [6, 6.07) is 0. The Morgan fingerprint density at radius 2 is 2.06 bits per heavy atom. The molecule has 0 aliphatic carbocycles. The number of likely N-dealkylation sites (tertiary alicyclic amines) is 1. The number of carbonyl (C=O) groups is 1. The van der Waals surface area contributed by atoms with E-state index in [9.17, 15) is 4.79 Å². The third-order valence-electron chi connectivity index (χ3n) is 3.46. The summed E-state index contributed by atoms with van der Waals surface area (Å²) in [5, 5.41) is 8.66. The summed E-state index contributed by atoms with van der Waals surface area (Å²) in [6.45, 7) is 5.28. The Kier molecular flexibility index (Phi) is 6.65. The van der Waals surface area contributed by atoms with Crippen molar-refractivity contribution < 1.29 is 9.90 Å². The zero-order chi connectivity index (χ0) is 11.8. The molecule has 0 spiro atoms. The Labute approximate surface area is 98.8 Å². The van der Waals surface area contributed by atoms with Crippen LogP contribution in [0.1, 0.15) is 45.4 Å². The van der Waals surface area contributed by atoms with Gasteiger partial charge in [0.25, 0.3) is 0 Å². The summed E-state index contributed by atoms with van der Waals surface area (Å²) < 4.78 is 0. The molecule has 0 bridgehead atoms. The van der Waals surface area contributed by atoms with Crippen molar-refractivity contribution in [3.8, 4) is 0 Å². The molecule has 0 radical (unpaired) electrons. The summed E-state index contributed by atoms with van der Waals surface area (Å²) in [5.41, 5.74) is 0. The fraction of sp³-hybridized carbons (Fsp3) is 0.923. The van der Waals surface area contributed by atoms with E-state index < -0.39 is 0 Å². The van der Waals surface area contributed by atoms with E-state index in [1.807, 2.05) is 0 Å². The highest BCUT2D eigenvalue weighted by atomic mass is 16.2. The van der Waals surface area contributed by atoms with Gasteiger partial charge in [0.2, 0.25) is 0 Å². The molecule has 1 heterocycles. The number of hydrogen-bond acceptors (Lipinski definition) is 3. The van der Waals surface area contributed by atoms with E-state index in [1.54, 1.807) is 6.92 Å². The summed E-state index contributed by atoms with van der Waals surface area (Å²) in [7, 11) is 0. The van der Waals surface area contributed by atoms with Crippen LogP contribution < -0.4 is 0 Å². The molecule has 1 aliphatic rings. The maximum absolute atomic E-state index is 11.3. The molecule has 0 saturated carbocycles. The molecular formula is C13H25NO2. The highest BCUT2D eigenvalue weighted by Crippen LogP contribution is 2.17. The quantitative estimate of drug-likeness (QED) is 0.675. The molecule has 3 heteroatoms. The van der Waals surface area contributed by atoms with Crippen molar-refractivity contribution >= 4 is 5.78 Å². The summed E-state index contributed by atoms with van der Waals surface area (Å²) in [5.74, 6) is 0.635. The van der Waals surface area contributed by atoms with Crippen LogP contribution >= 0.6 is 0 Å². The minimum absolute atomic E-state index is 0.284. The number of rotatable bonds is 7. The van der Waals surface area contributed by atoms with Gasteiger partial charge in [-0.2, -0.15) is 0 Å². The molecule has 0 aromatic carbocycles. The van der Waals surface area contributed by atoms with Gasteiger partial charge >= 0.3 is 0 Å². The Morgan fingerprint density at radius 1 is 1.31 bits per heavy atom. The molecule has 1 aliphatic heterocycles. The van der Waals surface area contributed by atoms with Crippen LogP contribution in [-0.2, 0) is 4.79 Å². The molecule has 16 heavy (non-hydrogen) atoms. The molecule has 3 nitrogen and oxygen atoms in total. The highest BCUT2D eigenvalue weighted by Gasteiger charge is 2.22. The molecule has 1 rings (SSSR count). The Hall–Kier alpha value is -0.410. The second-order valence-corrected chi connectivity index (χ2v) is 4.89.